The maximum Gasteiger partial charge on any atom is 0.341 e. The summed E-state index contributed by atoms with van der Waals surface area (Å²) >= 11 is 0. The second kappa shape index (κ2) is 6.94. The molecule has 0 N–H and O–H groups in total. The minimum Gasteiger partial charge on any atom is -0.465 e. The third-order valence-electron chi connectivity index (χ3n) is 5.13. The smallest absolute Gasteiger partial charge is 0.341 e. The summed E-state index contributed by atoms with van der Waals surface area (Å²) in [5.74, 6) is 0.180. The lowest BCUT2D eigenvalue weighted by Crippen LogP contribution is -2.49. The molecule has 0 radical (unpaired) electrons. The highest BCUT2D eigenvalue weighted by molar-refractivity contribution is 5.91. The van der Waals surface area contributed by atoms with Gasteiger partial charge in [0.2, 0.25) is 5.91 Å². The molecule has 26 heavy (non-hydrogen) atoms. The molecule has 0 spiro atoms. The van der Waals surface area contributed by atoms with Gasteiger partial charge >= 0.3 is 5.97 Å². The number of halogens is 1. The van der Waals surface area contributed by atoms with Crippen LogP contribution in [-0.2, 0) is 21.5 Å². The van der Waals surface area contributed by atoms with E-state index in [1.165, 1.54) is 19.2 Å². The van der Waals surface area contributed by atoms with Gasteiger partial charge in [-0.3, -0.25) is 4.79 Å². The summed E-state index contributed by atoms with van der Waals surface area (Å²) in [5.41, 5.74) is 0.600. The van der Waals surface area contributed by atoms with Crippen LogP contribution in [0.25, 0.3) is 0 Å². The van der Waals surface area contributed by atoms with Gasteiger partial charge in [0.1, 0.15) is 22.9 Å². The highest BCUT2D eigenvalue weighted by Crippen LogP contribution is 2.45. The summed E-state index contributed by atoms with van der Waals surface area (Å²) < 4.78 is 23.6. The lowest BCUT2D eigenvalue weighted by Gasteiger charge is -2.43. The molecule has 5 nitrogen and oxygen atoms in total. The fraction of sp³-hybridized carbons (Fsp3) is 0.400. The molecule has 6 heteroatoms. The molecule has 0 unspecified atom stereocenters. The molecule has 0 bridgehead atoms. The van der Waals surface area contributed by atoms with Crippen LogP contribution in [0, 0.1) is 12.7 Å². The molecule has 1 amide bonds. The number of amides is 1. The molecule has 2 aromatic rings. The Bertz CT molecular complexity index is 821. The van der Waals surface area contributed by atoms with Gasteiger partial charge in [0, 0.05) is 7.05 Å². The van der Waals surface area contributed by atoms with E-state index in [0.29, 0.717) is 17.1 Å². The first-order valence-electron chi connectivity index (χ1n) is 8.56. The van der Waals surface area contributed by atoms with E-state index in [1.807, 2.05) is 0 Å². The van der Waals surface area contributed by atoms with Gasteiger partial charge in [-0.25, -0.2) is 9.18 Å². The van der Waals surface area contributed by atoms with Crippen LogP contribution in [-0.4, -0.2) is 30.9 Å². The average molecular weight is 359 g/mol. The number of benzene rings is 1. The van der Waals surface area contributed by atoms with Crippen molar-refractivity contribution in [2.75, 3.05) is 14.2 Å². The molecule has 1 aromatic heterocycles. The number of methoxy groups -OCH3 is 1. The zero-order valence-electron chi connectivity index (χ0n) is 15.2. The summed E-state index contributed by atoms with van der Waals surface area (Å²) in [4.78, 5) is 26.4. The molecule has 1 saturated carbocycles. The summed E-state index contributed by atoms with van der Waals surface area (Å²) in [7, 11) is 3.02. The first-order valence-corrected chi connectivity index (χ1v) is 8.56. The van der Waals surface area contributed by atoms with Crippen LogP contribution in [0.15, 0.2) is 34.7 Å². The normalized spacial score (nSPS) is 15.2. The fourth-order valence-corrected chi connectivity index (χ4v) is 3.53. The number of ether oxygens (including phenoxy) is 1. The summed E-state index contributed by atoms with van der Waals surface area (Å²) in [5, 5.41) is 0. The van der Waals surface area contributed by atoms with Crippen molar-refractivity contribution in [1.82, 2.24) is 4.90 Å². The third-order valence-corrected chi connectivity index (χ3v) is 5.13. The average Bonchev–Trinajstić information content (AvgIpc) is 2.95. The first kappa shape index (κ1) is 18.2. The van der Waals surface area contributed by atoms with Gasteiger partial charge in [0.25, 0.3) is 0 Å². The molecule has 138 valence electrons. The summed E-state index contributed by atoms with van der Waals surface area (Å²) in [6.45, 7) is 1.93. The van der Waals surface area contributed by atoms with Crippen molar-refractivity contribution in [2.45, 2.75) is 38.1 Å². The molecule has 0 aliphatic heterocycles. The number of carbonyl (C=O) groups is 2. The quantitative estimate of drug-likeness (QED) is 0.766. The number of aryl methyl sites for hydroxylation is 1. The van der Waals surface area contributed by atoms with Crippen molar-refractivity contribution < 1.29 is 23.1 Å². The Morgan fingerprint density at radius 2 is 1.92 bits per heavy atom. The Balaban J connectivity index is 1.79. The molecule has 1 heterocycles. The van der Waals surface area contributed by atoms with Crippen LogP contribution in [0.2, 0.25) is 0 Å². The van der Waals surface area contributed by atoms with Crippen LogP contribution < -0.4 is 0 Å². The number of furan rings is 1. The van der Waals surface area contributed by atoms with Crippen molar-refractivity contribution >= 4 is 11.9 Å². The molecule has 1 aliphatic carbocycles. The monoisotopic (exact) mass is 359 g/mol. The van der Waals surface area contributed by atoms with E-state index in [-0.39, 0.29) is 18.3 Å². The minimum absolute atomic E-state index is 0.0240. The Morgan fingerprint density at radius 3 is 2.46 bits per heavy atom. The van der Waals surface area contributed by atoms with Crippen LogP contribution in [0.4, 0.5) is 4.39 Å². The van der Waals surface area contributed by atoms with E-state index in [9.17, 15) is 14.0 Å². The summed E-state index contributed by atoms with van der Waals surface area (Å²) in [6, 6.07) is 7.76. The van der Waals surface area contributed by atoms with Gasteiger partial charge in [0.05, 0.1) is 19.1 Å². The fourth-order valence-electron chi connectivity index (χ4n) is 3.53. The lowest BCUT2D eigenvalue weighted by molar-refractivity contribution is -0.140. The number of hydrogen-bond donors (Lipinski definition) is 0. The van der Waals surface area contributed by atoms with E-state index in [0.717, 1.165) is 24.8 Å². The highest BCUT2D eigenvalue weighted by Gasteiger charge is 2.47. The van der Waals surface area contributed by atoms with Gasteiger partial charge in [-0.1, -0.05) is 18.6 Å². The van der Waals surface area contributed by atoms with Crippen molar-refractivity contribution in [2.24, 2.45) is 0 Å². The van der Waals surface area contributed by atoms with E-state index >= 15 is 0 Å². The Kier molecular flexibility index (Phi) is 4.85. The number of nitrogens with zero attached hydrogens (tertiary/aromatic N) is 1. The number of likely N-dealkylation sites (N-methyl/N-ethyl adjacent to an activating group) is 1. The zero-order valence-corrected chi connectivity index (χ0v) is 15.2. The van der Waals surface area contributed by atoms with Crippen molar-refractivity contribution in [3.8, 4) is 0 Å². The van der Waals surface area contributed by atoms with Crippen LogP contribution in [0.3, 0.4) is 0 Å². The standard InChI is InChI=1S/C20H22FNO4/c1-13-17(18(23)25-3)11-16(26-13)12-22(2)19(24)20(9-4-10-20)14-5-7-15(21)8-6-14/h5-8,11H,4,9-10,12H2,1-3H3. The molecule has 1 aliphatic rings. The number of rotatable bonds is 5. The first-order chi connectivity index (χ1) is 12.4. The lowest BCUT2D eigenvalue weighted by atomic mass is 9.63. The minimum atomic E-state index is -0.602. The highest BCUT2D eigenvalue weighted by atomic mass is 19.1. The maximum absolute atomic E-state index is 13.2. The van der Waals surface area contributed by atoms with Gasteiger partial charge < -0.3 is 14.1 Å². The molecule has 0 atom stereocenters. The second-order valence-electron chi connectivity index (χ2n) is 6.78. The Morgan fingerprint density at radius 1 is 1.27 bits per heavy atom. The molecule has 3 rings (SSSR count). The largest absolute Gasteiger partial charge is 0.465 e. The molecule has 1 fully saturated rings. The van der Waals surface area contributed by atoms with E-state index < -0.39 is 11.4 Å². The summed E-state index contributed by atoms with van der Waals surface area (Å²) in [6.07, 6.45) is 2.45. The third kappa shape index (κ3) is 3.11. The van der Waals surface area contributed by atoms with Crippen molar-refractivity contribution in [3.63, 3.8) is 0 Å². The predicted molar refractivity (Wildman–Crippen MR) is 93.2 cm³/mol. The molecule has 0 saturated heterocycles. The van der Waals surface area contributed by atoms with Crippen molar-refractivity contribution in [1.29, 1.82) is 0 Å². The van der Waals surface area contributed by atoms with Crippen molar-refractivity contribution in [3.05, 3.63) is 58.8 Å². The predicted octanol–water partition coefficient (Wildman–Crippen LogP) is 3.59. The van der Waals surface area contributed by atoms with Gasteiger partial charge in [-0.05, 0) is 43.5 Å². The van der Waals surface area contributed by atoms with E-state index in [2.05, 4.69) is 0 Å². The molecule has 1 aromatic carbocycles. The van der Waals surface area contributed by atoms with Crippen LogP contribution >= 0.6 is 0 Å². The Labute approximate surface area is 151 Å². The molecular formula is C20H22FNO4. The van der Waals surface area contributed by atoms with Crippen LogP contribution in [0.1, 0.15) is 46.7 Å². The van der Waals surface area contributed by atoms with E-state index in [1.54, 1.807) is 37.1 Å². The van der Waals surface area contributed by atoms with Gasteiger partial charge in [-0.15, -0.1) is 0 Å². The van der Waals surface area contributed by atoms with Gasteiger partial charge in [0.15, 0.2) is 0 Å². The number of esters is 1. The topological polar surface area (TPSA) is 59.8 Å². The second-order valence-corrected chi connectivity index (χ2v) is 6.78. The van der Waals surface area contributed by atoms with Gasteiger partial charge in [-0.2, -0.15) is 0 Å². The number of hydrogen-bond acceptors (Lipinski definition) is 4. The maximum atomic E-state index is 13.2. The SMILES string of the molecule is COC(=O)c1cc(CN(C)C(=O)C2(c3ccc(F)cc3)CCC2)oc1C. The van der Waals surface area contributed by atoms with E-state index in [4.69, 9.17) is 9.15 Å². The number of carbonyl (C=O) groups excluding carboxylic acids is 2. The van der Waals surface area contributed by atoms with Crippen LogP contribution in [0.5, 0.6) is 0 Å². The molecular weight excluding hydrogens is 337 g/mol. The Hall–Kier alpha value is -2.63. The zero-order chi connectivity index (χ0) is 18.9.